The summed E-state index contributed by atoms with van der Waals surface area (Å²) in [4.78, 5) is 11.8. The lowest BCUT2D eigenvalue weighted by Crippen LogP contribution is -2.45. The maximum absolute atomic E-state index is 13.5. The first-order chi connectivity index (χ1) is 9.23. The van der Waals surface area contributed by atoms with Crippen molar-refractivity contribution in [3.63, 3.8) is 0 Å². The molecule has 1 aromatic rings. The molecule has 2 N–H and O–H groups in total. The fraction of sp³-hybridized carbons (Fsp3) is 0.500. The lowest BCUT2D eigenvalue weighted by Gasteiger charge is -2.22. The molecule has 0 saturated heterocycles. The van der Waals surface area contributed by atoms with Crippen LogP contribution in [0.2, 0.25) is 10.0 Å². The van der Waals surface area contributed by atoms with Crippen molar-refractivity contribution in [1.29, 1.82) is 0 Å². The Morgan fingerprint density at radius 2 is 1.80 bits per heavy atom. The van der Waals surface area contributed by atoms with E-state index in [-0.39, 0.29) is 23.0 Å². The molecular weight excluding hydrogens is 302 g/mol. The van der Waals surface area contributed by atoms with E-state index in [4.69, 9.17) is 23.2 Å². The number of hydrogen-bond donors (Lipinski definition) is 2. The predicted molar refractivity (Wildman–Crippen MR) is 80.7 cm³/mol. The van der Waals surface area contributed by atoms with Crippen LogP contribution in [0, 0.1) is 5.82 Å². The summed E-state index contributed by atoms with van der Waals surface area (Å²) in [5.74, 6) is -0.658. The molecule has 0 spiro atoms. The van der Waals surface area contributed by atoms with Crippen molar-refractivity contribution in [3.05, 3.63) is 33.6 Å². The lowest BCUT2D eigenvalue weighted by atomic mass is 10.1. The topological polar surface area (TPSA) is 41.1 Å². The number of amides is 1. The number of benzene rings is 1. The smallest absolute Gasteiger partial charge is 0.237 e. The monoisotopic (exact) mass is 320 g/mol. The zero-order valence-corrected chi connectivity index (χ0v) is 13.4. The predicted octanol–water partition coefficient (Wildman–Crippen LogP) is 3.70. The molecule has 0 aliphatic rings. The Bertz CT molecular complexity index is 494. The van der Waals surface area contributed by atoms with E-state index in [1.807, 2.05) is 13.8 Å². The third-order valence-electron chi connectivity index (χ3n) is 2.84. The van der Waals surface area contributed by atoms with Crippen molar-refractivity contribution in [2.45, 2.75) is 45.8 Å². The van der Waals surface area contributed by atoms with Gasteiger partial charge in [0.15, 0.2) is 0 Å². The third-order valence-corrected chi connectivity index (χ3v) is 3.55. The van der Waals surface area contributed by atoms with Gasteiger partial charge in [-0.25, -0.2) is 4.39 Å². The number of carbonyl (C=O) groups is 1. The van der Waals surface area contributed by atoms with Crippen molar-refractivity contribution in [2.75, 3.05) is 0 Å². The summed E-state index contributed by atoms with van der Waals surface area (Å²) in [5, 5.41) is 6.21. The lowest BCUT2D eigenvalue weighted by molar-refractivity contribution is -0.123. The van der Waals surface area contributed by atoms with Crippen LogP contribution >= 0.6 is 23.2 Å². The minimum absolute atomic E-state index is 0.0195. The average Bonchev–Trinajstić information content (AvgIpc) is 2.33. The van der Waals surface area contributed by atoms with Crippen LogP contribution in [0.3, 0.4) is 0 Å². The summed E-state index contributed by atoms with van der Waals surface area (Å²) in [6.45, 7) is 7.28. The van der Waals surface area contributed by atoms with Gasteiger partial charge in [0.1, 0.15) is 5.82 Å². The molecule has 1 rings (SSSR count). The fourth-order valence-electron chi connectivity index (χ4n) is 1.88. The molecule has 3 nitrogen and oxygen atoms in total. The van der Waals surface area contributed by atoms with E-state index in [0.29, 0.717) is 10.6 Å². The van der Waals surface area contributed by atoms with Crippen LogP contribution in [0.15, 0.2) is 12.1 Å². The minimum atomic E-state index is -0.529. The molecule has 2 atom stereocenters. The maximum atomic E-state index is 13.5. The highest BCUT2D eigenvalue weighted by Gasteiger charge is 2.21. The standard InChI is InChI=1S/C14H19Cl2FN2O/c1-7(2)18-14(20)9(4)19-8(3)12-10(15)5-6-11(17)13(12)16/h5-9,19H,1-4H3,(H,18,20). The Balaban J connectivity index is 2.84. The minimum Gasteiger partial charge on any atom is -0.353 e. The van der Waals surface area contributed by atoms with Gasteiger partial charge in [0.05, 0.1) is 11.1 Å². The first kappa shape index (κ1) is 17.2. The van der Waals surface area contributed by atoms with E-state index in [1.165, 1.54) is 12.1 Å². The second-order valence-corrected chi connectivity index (χ2v) is 5.82. The molecule has 2 unspecified atom stereocenters. The summed E-state index contributed by atoms with van der Waals surface area (Å²) < 4.78 is 13.5. The van der Waals surface area contributed by atoms with Crippen LogP contribution < -0.4 is 10.6 Å². The summed E-state index contributed by atoms with van der Waals surface area (Å²) in [6, 6.07) is 1.94. The molecular formula is C14H19Cl2FN2O. The van der Waals surface area contributed by atoms with Crippen molar-refractivity contribution in [1.82, 2.24) is 10.6 Å². The van der Waals surface area contributed by atoms with E-state index in [0.717, 1.165) is 0 Å². The van der Waals surface area contributed by atoms with Gasteiger partial charge >= 0.3 is 0 Å². The normalized spacial score (nSPS) is 14.2. The van der Waals surface area contributed by atoms with Crippen molar-refractivity contribution >= 4 is 29.1 Å². The van der Waals surface area contributed by atoms with E-state index in [2.05, 4.69) is 10.6 Å². The molecule has 0 heterocycles. The summed E-state index contributed by atoms with van der Waals surface area (Å²) in [6.07, 6.45) is 0. The first-order valence-electron chi connectivity index (χ1n) is 6.43. The molecule has 6 heteroatoms. The van der Waals surface area contributed by atoms with Crippen LogP contribution in [0.5, 0.6) is 0 Å². The number of rotatable bonds is 5. The highest BCUT2D eigenvalue weighted by atomic mass is 35.5. The van der Waals surface area contributed by atoms with Gasteiger partial charge in [0.2, 0.25) is 5.91 Å². The molecule has 0 aromatic heterocycles. The zero-order valence-electron chi connectivity index (χ0n) is 11.9. The summed E-state index contributed by atoms with van der Waals surface area (Å²) in [7, 11) is 0. The molecule has 0 saturated carbocycles. The molecule has 0 radical (unpaired) electrons. The second kappa shape index (κ2) is 7.25. The molecule has 1 amide bonds. The van der Waals surface area contributed by atoms with Gasteiger partial charge in [-0.3, -0.25) is 10.1 Å². The van der Waals surface area contributed by atoms with Gasteiger partial charge in [0, 0.05) is 22.7 Å². The Morgan fingerprint density at radius 3 is 2.35 bits per heavy atom. The van der Waals surface area contributed by atoms with Gasteiger partial charge < -0.3 is 5.32 Å². The van der Waals surface area contributed by atoms with Gasteiger partial charge in [0.25, 0.3) is 0 Å². The number of carbonyl (C=O) groups excluding carboxylic acids is 1. The molecule has 1 aromatic carbocycles. The largest absolute Gasteiger partial charge is 0.353 e. The van der Waals surface area contributed by atoms with Crippen LogP contribution in [0.1, 0.15) is 39.3 Å². The fourth-order valence-corrected chi connectivity index (χ4v) is 2.58. The highest BCUT2D eigenvalue weighted by molar-refractivity contribution is 6.36. The SMILES string of the molecule is CC(C)NC(=O)C(C)NC(C)c1c(Cl)ccc(F)c1Cl. The van der Waals surface area contributed by atoms with E-state index in [1.54, 1.807) is 13.8 Å². The van der Waals surface area contributed by atoms with Crippen molar-refractivity contribution in [2.24, 2.45) is 0 Å². The highest BCUT2D eigenvalue weighted by Crippen LogP contribution is 2.32. The maximum Gasteiger partial charge on any atom is 0.237 e. The zero-order chi connectivity index (χ0) is 15.4. The quantitative estimate of drug-likeness (QED) is 0.812. The molecule has 0 fully saturated rings. The Morgan fingerprint density at radius 1 is 1.20 bits per heavy atom. The van der Waals surface area contributed by atoms with E-state index in [9.17, 15) is 9.18 Å². The molecule has 0 bridgehead atoms. The first-order valence-corrected chi connectivity index (χ1v) is 7.19. The molecule has 0 aliphatic carbocycles. The molecule has 20 heavy (non-hydrogen) atoms. The van der Waals surface area contributed by atoms with E-state index >= 15 is 0 Å². The van der Waals surface area contributed by atoms with Crippen LogP contribution in [0.25, 0.3) is 0 Å². The number of hydrogen-bond acceptors (Lipinski definition) is 2. The van der Waals surface area contributed by atoms with Gasteiger partial charge in [-0.15, -0.1) is 0 Å². The molecule has 112 valence electrons. The van der Waals surface area contributed by atoms with E-state index < -0.39 is 11.9 Å². The van der Waals surface area contributed by atoms with Crippen LogP contribution in [-0.4, -0.2) is 18.0 Å². The summed E-state index contributed by atoms with van der Waals surface area (Å²) >= 11 is 12.0. The number of halogens is 3. The average molecular weight is 321 g/mol. The second-order valence-electron chi connectivity index (χ2n) is 5.03. The summed E-state index contributed by atoms with van der Waals surface area (Å²) in [5.41, 5.74) is 0.456. The van der Waals surface area contributed by atoms with Gasteiger partial charge in [-0.2, -0.15) is 0 Å². The van der Waals surface area contributed by atoms with Crippen LogP contribution in [0.4, 0.5) is 4.39 Å². The van der Waals surface area contributed by atoms with Crippen molar-refractivity contribution < 1.29 is 9.18 Å². The molecule has 0 aliphatic heterocycles. The van der Waals surface area contributed by atoms with Gasteiger partial charge in [-0.1, -0.05) is 23.2 Å². The number of nitrogens with one attached hydrogen (secondary N) is 2. The Hall–Kier alpha value is -0.840. The van der Waals surface area contributed by atoms with Crippen molar-refractivity contribution in [3.8, 4) is 0 Å². The Labute approximate surface area is 128 Å². The third kappa shape index (κ3) is 4.33. The van der Waals surface area contributed by atoms with Gasteiger partial charge in [-0.05, 0) is 39.8 Å². The Kier molecular flexibility index (Phi) is 6.24. The van der Waals surface area contributed by atoms with Crippen LogP contribution in [-0.2, 0) is 4.79 Å².